The van der Waals surface area contributed by atoms with Crippen molar-refractivity contribution in [3.8, 4) is 0 Å². The van der Waals surface area contributed by atoms with E-state index in [-0.39, 0.29) is 11.9 Å². The van der Waals surface area contributed by atoms with E-state index in [1.807, 2.05) is 4.90 Å². The van der Waals surface area contributed by atoms with Crippen LogP contribution in [0.15, 0.2) is 24.3 Å². The molecule has 0 aliphatic carbocycles. The lowest BCUT2D eigenvalue weighted by Crippen LogP contribution is -2.44. The minimum absolute atomic E-state index is 0.290. The first-order valence-electron chi connectivity index (χ1n) is 7.82. The summed E-state index contributed by atoms with van der Waals surface area (Å²) in [5, 5.41) is 0. The molecule has 0 atom stereocenters. The molecular weight excluding hydrogens is 341 g/mol. The van der Waals surface area contributed by atoms with Crippen LogP contribution in [0.1, 0.15) is 12.8 Å². The molecule has 1 aromatic carbocycles. The number of pyridine rings is 1. The van der Waals surface area contributed by atoms with E-state index in [0.717, 1.165) is 5.69 Å². The topological polar surface area (TPSA) is 19.4 Å². The van der Waals surface area contributed by atoms with Gasteiger partial charge < -0.3 is 9.80 Å². The van der Waals surface area contributed by atoms with Crippen molar-refractivity contribution in [1.29, 1.82) is 0 Å². The molecule has 1 fully saturated rings. The molecule has 0 saturated carbocycles. The Morgan fingerprint density at radius 2 is 1.44 bits per heavy atom. The number of hydrogen-bond acceptors (Lipinski definition) is 3. The fourth-order valence-electron chi connectivity index (χ4n) is 3.13. The molecule has 0 unspecified atom stereocenters. The third kappa shape index (κ3) is 3.38. The van der Waals surface area contributed by atoms with Gasteiger partial charge in [0.2, 0.25) is 11.6 Å². The van der Waals surface area contributed by atoms with E-state index in [1.54, 1.807) is 12.1 Å². The maximum atomic E-state index is 13.9. The molecule has 1 aliphatic heterocycles. The maximum absolute atomic E-state index is 13.9. The first kappa shape index (κ1) is 17.4. The van der Waals surface area contributed by atoms with Gasteiger partial charge in [-0.25, -0.2) is 4.39 Å². The van der Waals surface area contributed by atoms with E-state index >= 15 is 0 Å². The van der Waals surface area contributed by atoms with Gasteiger partial charge in [-0.05, 0) is 37.1 Å². The van der Waals surface area contributed by atoms with Crippen LogP contribution in [0.2, 0.25) is 0 Å². The molecule has 3 nitrogen and oxygen atoms in total. The zero-order valence-electron chi connectivity index (χ0n) is 13.4. The van der Waals surface area contributed by atoms with Crippen LogP contribution in [0, 0.1) is 29.3 Å². The Hall–Kier alpha value is -2.38. The normalized spacial score (nSPS) is 15.5. The number of halogens is 5. The van der Waals surface area contributed by atoms with Gasteiger partial charge in [0.05, 0.1) is 0 Å². The molecule has 2 aromatic rings. The molecule has 134 valence electrons. The van der Waals surface area contributed by atoms with Gasteiger partial charge in [0.15, 0.2) is 0 Å². The third-order valence-corrected chi connectivity index (χ3v) is 4.53. The van der Waals surface area contributed by atoms with E-state index in [4.69, 9.17) is 0 Å². The molecule has 0 spiro atoms. The summed E-state index contributed by atoms with van der Waals surface area (Å²) in [7, 11) is 1.40. The van der Waals surface area contributed by atoms with Crippen molar-refractivity contribution in [2.75, 3.05) is 29.9 Å². The second-order valence-corrected chi connectivity index (χ2v) is 5.98. The Morgan fingerprint density at radius 3 is 1.96 bits per heavy atom. The van der Waals surface area contributed by atoms with Gasteiger partial charge in [-0.1, -0.05) is 0 Å². The van der Waals surface area contributed by atoms with Crippen LogP contribution in [-0.4, -0.2) is 31.2 Å². The summed E-state index contributed by atoms with van der Waals surface area (Å²) in [5.41, 5.74) is 0.103. The summed E-state index contributed by atoms with van der Waals surface area (Å²) in [6.45, 7) is 1.14. The van der Waals surface area contributed by atoms with Gasteiger partial charge in [-0.3, -0.25) is 0 Å². The van der Waals surface area contributed by atoms with Gasteiger partial charge in [0, 0.05) is 31.9 Å². The molecule has 3 rings (SSSR count). The predicted octanol–water partition coefficient (Wildman–Crippen LogP) is 3.88. The first-order valence-corrected chi connectivity index (χ1v) is 7.82. The molecule has 0 radical (unpaired) electrons. The number of anilines is 2. The standard InChI is InChI=1S/C17H16F5N3/c1-24(15-13(19)16(21)23-17(22)14(15)20)11-6-8-25(9-7-11)12-4-2-10(18)3-5-12/h2-5,11H,6-9H2,1H3. The van der Waals surface area contributed by atoms with Crippen molar-refractivity contribution in [3.63, 3.8) is 0 Å². The van der Waals surface area contributed by atoms with Gasteiger partial charge in [0.25, 0.3) is 11.9 Å². The summed E-state index contributed by atoms with van der Waals surface area (Å²) >= 11 is 0. The molecule has 0 N–H and O–H groups in total. The number of benzene rings is 1. The van der Waals surface area contributed by atoms with Crippen LogP contribution >= 0.6 is 0 Å². The van der Waals surface area contributed by atoms with Crippen molar-refractivity contribution in [2.45, 2.75) is 18.9 Å². The molecule has 1 saturated heterocycles. The number of rotatable bonds is 3. The number of hydrogen-bond donors (Lipinski definition) is 0. The van der Waals surface area contributed by atoms with Gasteiger partial charge >= 0.3 is 0 Å². The third-order valence-electron chi connectivity index (χ3n) is 4.53. The first-order chi connectivity index (χ1) is 11.9. The minimum Gasteiger partial charge on any atom is -0.371 e. The average molecular weight is 357 g/mol. The highest BCUT2D eigenvalue weighted by molar-refractivity contribution is 5.50. The van der Waals surface area contributed by atoms with E-state index in [2.05, 4.69) is 4.98 Å². The van der Waals surface area contributed by atoms with Gasteiger partial charge in [0.1, 0.15) is 11.5 Å². The monoisotopic (exact) mass is 357 g/mol. The highest BCUT2D eigenvalue weighted by atomic mass is 19.2. The molecule has 2 heterocycles. The molecule has 25 heavy (non-hydrogen) atoms. The predicted molar refractivity (Wildman–Crippen MR) is 84.1 cm³/mol. The van der Waals surface area contributed by atoms with Gasteiger partial charge in [-0.2, -0.15) is 22.5 Å². The van der Waals surface area contributed by atoms with Crippen LogP contribution in [0.4, 0.5) is 33.3 Å². The largest absolute Gasteiger partial charge is 0.371 e. The lowest BCUT2D eigenvalue weighted by Gasteiger charge is -2.38. The molecular formula is C17H16F5N3. The second kappa shape index (κ2) is 6.85. The maximum Gasteiger partial charge on any atom is 0.253 e. The Morgan fingerprint density at radius 1 is 0.920 bits per heavy atom. The Labute approximate surface area is 141 Å². The fourth-order valence-corrected chi connectivity index (χ4v) is 3.13. The van der Waals surface area contributed by atoms with E-state index < -0.39 is 29.2 Å². The smallest absolute Gasteiger partial charge is 0.253 e. The van der Waals surface area contributed by atoms with Crippen LogP contribution in [0.3, 0.4) is 0 Å². The highest BCUT2D eigenvalue weighted by Gasteiger charge is 2.29. The zero-order valence-corrected chi connectivity index (χ0v) is 13.4. The number of nitrogens with zero attached hydrogens (tertiary/aromatic N) is 3. The molecule has 0 bridgehead atoms. The molecule has 1 aromatic heterocycles. The van der Waals surface area contributed by atoms with E-state index in [1.165, 1.54) is 24.1 Å². The Kier molecular flexibility index (Phi) is 4.78. The molecule has 1 aliphatic rings. The number of aromatic nitrogens is 1. The number of piperidine rings is 1. The van der Waals surface area contributed by atoms with Crippen LogP contribution in [-0.2, 0) is 0 Å². The fraction of sp³-hybridized carbons (Fsp3) is 0.353. The van der Waals surface area contributed by atoms with Crippen LogP contribution in [0.5, 0.6) is 0 Å². The zero-order chi connectivity index (χ0) is 18.1. The van der Waals surface area contributed by atoms with Crippen molar-refractivity contribution < 1.29 is 22.0 Å². The van der Waals surface area contributed by atoms with Gasteiger partial charge in [-0.15, -0.1) is 0 Å². The van der Waals surface area contributed by atoms with Crippen molar-refractivity contribution in [1.82, 2.24) is 4.98 Å². The SMILES string of the molecule is CN(c1c(F)c(F)nc(F)c1F)C1CCN(c2ccc(F)cc2)CC1. The van der Waals surface area contributed by atoms with E-state index in [9.17, 15) is 22.0 Å². The minimum atomic E-state index is -1.66. The Bertz CT molecular complexity index is 732. The lowest BCUT2D eigenvalue weighted by molar-refractivity contribution is 0.397. The van der Waals surface area contributed by atoms with Crippen LogP contribution in [0.25, 0.3) is 0 Å². The average Bonchev–Trinajstić information content (AvgIpc) is 2.61. The summed E-state index contributed by atoms with van der Waals surface area (Å²) in [5.74, 6) is -6.65. The lowest BCUT2D eigenvalue weighted by atomic mass is 10.0. The molecule has 0 amide bonds. The van der Waals surface area contributed by atoms with Crippen molar-refractivity contribution in [3.05, 3.63) is 53.6 Å². The molecule has 8 heteroatoms. The summed E-state index contributed by atoms with van der Waals surface area (Å²) in [4.78, 5) is 5.81. The quantitative estimate of drug-likeness (QED) is 0.614. The highest BCUT2D eigenvalue weighted by Crippen LogP contribution is 2.30. The summed E-state index contributed by atoms with van der Waals surface area (Å²) < 4.78 is 67.4. The van der Waals surface area contributed by atoms with Crippen molar-refractivity contribution >= 4 is 11.4 Å². The second-order valence-electron chi connectivity index (χ2n) is 5.98. The van der Waals surface area contributed by atoms with Crippen LogP contribution < -0.4 is 9.80 Å². The van der Waals surface area contributed by atoms with E-state index in [0.29, 0.717) is 25.9 Å². The Balaban J connectivity index is 1.74. The van der Waals surface area contributed by atoms with Crippen molar-refractivity contribution in [2.24, 2.45) is 0 Å². The summed E-state index contributed by atoms with van der Waals surface area (Å²) in [6.07, 6.45) is 1.05. The summed E-state index contributed by atoms with van der Waals surface area (Å²) in [6, 6.07) is 5.75.